The summed E-state index contributed by atoms with van der Waals surface area (Å²) in [7, 11) is 1.52. The van der Waals surface area contributed by atoms with Crippen LogP contribution in [0.3, 0.4) is 0 Å². The molecule has 0 aromatic carbocycles. The van der Waals surface area contributed by atoms with Crippen molar-refractivity contribution in [2.45, 2.75) is 137 Å². The number of rotatable bonds is 10. The van der Waals surface area contributed by atoms with Crippen LogP contribution in [0.4, 0.5) is 0 Å². The maximum absolute atomic E-state index is 14.0. The number of cyclic esters (lactones) is 1. The van der Waals surface area contributed by atoms with Crippen molar-refractivity contribution in [1.82, 2.24) is 26.2 Å². The number of ether oxygens (including phenoxy) is 1. The third kappa shape index (κ3) is 13.7. The molecule has 14 heteroatoms. The van der Waals surface area contributed by atoms with E-state index in [1.165, 1.54) is 18.9 Å². The van der Waals surface area contributed by atoms with Crippen LogP contribution in [-0.2, 0) is 33.5 Å². The molecule has 0 bridgehead atoms. The molecule has 0 radical (unpaired) electrons. The summed E-state index contributed by atoms with van der Waals surface area (Å²) >= 11 is 0. The number of nitrogens with two attached hydrogens (primary N) is 1. The van der Waals surface area contributed by atoms with Gasteiger partial charge in [-0.15, -0.1) is 0 Å². The first kappa shape index (κ1) is 42.8. The third-order valence-corrected chi connectivity index (χ3v) is 8.84. The Kier molecular flexibility index (Phi) is 17.5. The number of aliphatic hydroxyl groups excluding tert-OH is 1. The van der Waals surface area contributed by atoms with Gasteiger partial charge in [0.05, 0.1) is 12.0 Å². The Morgan fingerprint density at radius 2 is 1.52 bits per heavy atom. The Labute approximate surface area is 286 Å². The van der Waals surface area contributed by atoms with Gasteiger partial charge in [0.1, 0.15) is 36.8 Å². The first-order valence-corrected chi connectivity index (χ1v) is 17.3. The minimum atomic E-state index is -1.48. The molecule has 0 spiro atoms. The van der Waals surface area contributed by atoms with Gasteiger partial charge in [-0.3, -0.25) is 28.8 Å². The molecule has 1 aliphatic heterocycles. The number of likely N-dealkylation sites (N-methyl/N-ethyl adjacent to an activating group) is 1. The number of aliphatic hydroxyl groups is 1. The van der Waals surface area contributed by atoms with Crippen LogP contribution in [0.2, 0.25) is 0 Å². The van der Waals surface area contributed by atoms with Gasteiger partial charge >= 0.3 is 5.97 Å². The van der Waals surface area contributed by atoms with E-state index in [2.05, 4.69) is 42.0 Å². The van der Waals surface area contributed by atoms with E-state index in [9.17, 15) is 33.9 Å². The molecule has 48 heavy (non-hydrogen) atoms. The Bertz CT molecular complexity index is 1110. The number of carbonyl (C=O) groups excluding carboxylic acids is 6. The SMILES string of the molecule is CC[C@@H](C)[C@@H]1NC(=O)[C@H](CC(C)C)N(C)C(=O)[C@H](C)[C@@H](CCCCC(C)(C)C)OC(=O)CNC(=O)[C@H]([C@H](C)O)NC(=O)[C@H](CN)NC1=O. The molecule has 1 heterocycles. The van der Waals surface area contributed by atoms with Crippen molar-refractivity contribution in [2.75, 3.05) is 20.1 Å². The Morgan fingerprint density at radius 1 is 0.917 bits per heavy atom. The Morgan fingerprint density at radius 3 is 2.04 bits per heavy atom. The lowest BCUT2D eigenvalue weighted by molar-refractivity contribution is -0.157. The lowest BCUT2D eigenvalue weighted by atomic mass is 9.88. The van der Waals surface area contributed by atoms with Crippen molar-refractivity contribution in [3.63, 3.8) is 0 Å². The van der Waals surface area contributed by atoms with Crippen LogP contribution in [0.25, 0.3) is 0 Å². The maximum Gasteiger partial charge on any atom is 0.325 e. The quantitative estimate of drug-likeness (QED) is 0.143. The molecule has 1 fully saturated rings. The van der Waals surface area contributed by atoms with Gasteiger partial charge in [-0.25, -0.2) is 0 Å². The summed E-state index contributed by atoms with van der Waals surface area (Å²) in [5, 5.41) is 20.5. The molecule has 5 amide bonds. The zero-order valence-electron chi connectivity index (χ0n) is 30.7. The van der Waals surface area contributed by atoms with Gasteiger partial charge in [-0.2, -0.15) is 0 Å². The molecule has 1 aliphatic rings. The van der Waals surface area contributed by atoms with E-state index in [1.807, 2.05) is 20.8 Å². The first-order valence-electron chi connectivity index (χ1n) is 17.3. The number of nitrogens with zero attached hydrogens (tertiary/aromatic N) is 1. The van der Waals surface area contributed by atoms with E-state index in [4.69, 9.17) is 10.5 Å². The van der Waals surface area contributed by atoms with Crippen LogP contribution >= 0.6 is 0 Å². The standard InChI is InChI=1S/C34H62N6O8/c1-11-20(4)27-32(46)37-23(17-35)29(43)39-28(22(6)41)31(45)36-18-26(42)48-25(14-12-13-15-34(7,8)9)21(5)33(47)40(10)24(16-19(2)3)30(44)38-27/h19-25,27-28,41H,11-18,35H2,1-10H3,(H,36,45)(H,37,46)(H,38,44)(H,39,43)/t20-,21-,22+,23+,24+,25-,27+,28+/m1/s1. The molecule has 1 saturated heterocycles. The normalized spacial score (nSPS) is 27.5. The van der Waals surface area contributed by atoms with Crippen LogP contribution in [0, 0.1) is 23.2 Å². The van der Waals surface area contributed by atoms with Gasteiger partial charge < -0.3 is 41.7 Å². The molecular weight excluding hydrogens is 620 g/mol. The highest BCUT2D eigenvalue weighted by Crippen LogP contribution is 2.25. The van der Waals surface area contributed by atoms with E-state index in [0.29, 0.717) is 25.7 Å². The average Bonchev–Trinajstić information content (AvgIpc) is 3.00. The first-order chi connectivity index (χ1) is 22.2. The third-order valence-electron chi connectivity index (χ3n) is 8.84. The number of hydrogen-bond donors (Lipinski definition) is 6. The monoisotopic (exact) mass is 682 g/mol. The fourth-order valence-corrected chi connectivity index (χ4v) is 5.52. The van der Waals surface area contributed by atoms with Gasteiger partial charge in [-0.1, -0.05) is 68.2 Å². The summed E-state index contributed by atoms with van der Waals surface area (Å²) < 4.78 is 5.78. The number of hydrogen-bond acceptors (Lipinski definition) is 9. The van der Waals surface area contributed by atoms with Gasteiger partial charge in [0.25, 0.3) is 0 Å². The van der Waals surface area contributed by atoms with Crippen molar-refractivity contribution in [1.29, 1.82) is 0 Å². The van der Waals surface area contributed by atoms with Gasteiger partial charge in [0.15, 0.2) is 0 Å². The van der Waals surface area contributed by atoms with E-state index in [1.54, 1.807) is 13.8 Å². The molecule has 1 rings (SSSR count). The summed E-state index contributed by atoms with van der Waals surface area (Å²) in [6.07, 6.45) is 1.38. The maximum atomic E-state index is 14.0. The van der Waals surface area contributed by atoms with E-state index >= 15 is 0 Å². The van der Waals surface area contributed by atoms with E-state index in [-0.39, 0.29) is 23.8 Å². The smallest absolute Gasteiger partial charge is 0.325 e. The van der Waals surface area contributed by atoms with E-state index < -0.39 is 84.3 Å². The summed E-state index contributed by atoms with van der Waals surface area (Å²) in [6.45, 7) is 15.9. The molecule has 276 valence electrons. The van der Waals surface area contributed by atoms with Crippen molar-refractivity contribution >= 4 is 35.5 Å². The zero-order chi connectivity index (χ0) is 36.9. The second kappa shape index (κ2) is 19.7. The molecule has 8 atom stereocenters. The molecule has 0 aromatic rings. The van der Waals surface area contributed by atoms with Crippen LogP contribution in [-0.4, -0.2) is 102 Å². The van der Waals surface area contributed by atoms with Crippen LogP contribution in [0.1, 0.15) is 101 Å². The summed E-state index contributed by atoms with van der Waals surface area (Å²) in [5.41, 5.74) is 5.92. The van der Waals surface area contributed by atoms with Crippen LogP contribution in [0.5, 0.6) is 0 Å². The summed E-state index contributed by atoms with van der Waals surface area (Å²) in [6, 6.07) is -4.81. The molecule has 0 saturated carbocycles. The van der Waals surface area contributed by atoms with Crippen LogP contribution in [0.15, 0.2) is 0 Å². The lowest BCUT2D eigenvalue weighted by Gasteiger charge is -2.34. The summed E-state index contributed by atoms with van der Waals surface area (Å²) in [4.78, 5) is 82.0. The molecular formula is C34H62N6O8. The highest BCUT2D eigenvalue weighted by Gasteiger charge is 2.38. The second-order valence-electron chi connectivity index (χ2n) is 14.8. The Hall–Kier alpha value is -3.26. The van der Waals surface area contributed by atoms with Crippen molar-refractivity contribution in [3.05, 3.63) is 0 Å². The highest BCUT2D eigenvalue weighted by molar-refractivity contribution is 5.96. The second-order valence-corrected chi connectivity index (χ2v) is 14.8. The van der Waals surface area contributed by atoms with Crippen molar-refractivity contribution in [3.8, 4) is 0 Å². The predicted octanol–water partition coefficient (Wildman–Crippen LogP) is 0.984. The van der Waals surface area contributed by atoms with Crippen molar-refractivity contribution < 1.29 is 38.6 Å². The number of amides is 5. The zero-order valence-corrected chi connectivity index (χ0v) is 30.7. The fourth-order valence-electron chi connectivity index (χ4n) is 5.52. The van der Waals surface area contributed by atoms with Crippen molar-refractivity contribution in [2.24, 2.45) is 28.9 Å². The molecule has 0 unspecified atom stereocenters. The minimum absolute atomic E-state index is 0.00519. The highest BCUT2D eigenvalue weighted by atomic mass is 16.5. The van der Waals surface area contributed by atoms with Gasteiger partial charge in [0, 0.05) is 13.6 Å². The van der Waals surface area contributed by atoms with Gasteiger partial charge in [-0.05, 0) is 49.9 Å². The predicted molar refractivity (Wildman–Crippen MR) is 182 cm³/mol. The van der Waals surface area contributed by atoms with E-state index in [0.717, 1.165) is 12.8 Å². The molecule has 0 aliphatic carbocycles. The number of unbranched alkanes of at least 4 members (excludes halogenated alkanes) is 1. The Balaban J connectivity index is 3.62. The summed E-state index contributed by atoms with van der Waals surface area (Å²) in [5.74, 6) is -5.32. The van der Waals surface area contributed by atoms with Crippen LogP contribution < -0.4 is 27.0 Å². The molecule has 0 aromatic heterocycles. The van der Waals surface area contributed by atoms with Gasteiger partial charge in [0.2, 0.25) is 29.5 Å². The molecule has 7 N–H and O–H groups in total. The average molecular weight is 683 g/mol. The topological polar surface area (TPSA) is 209 Å². The number of esters is 1. The number of nitrogens with one attached hydrogen (secondary N) is 4. The lowest BCUT2D eigenvalue weighted by Crippen LogP contribution is -2.62. The molecule has 14 nitrogen and oxygen atoms in total. The largest absolute Gasteiger partial charge is 0.460 e. The number of carbonyl (C=O) groups is 6. The fraction of sp³-hybridized carbons (Fsp3) is 0.824. The minimum Gasteiger partial charge on any atom is -0.460 e.